The molecule has 2 saturated heterocycles. The number of hydrogen-bond acceptors (Lipinski definition) is 8. The van der Waals surface area contributed by atoms with Crippen LogP contribution in [0.2, 0.25) is 0 Å². The van der Waals surface area contributed by atoms with Crippen LogP contribution in [-0.4, -0.2) is 78.2 Å². The van der Waals surface area contributed by atoms with Crippen LogP contribution in [0.5, 0.6) is 0 Å². The van der Waals surface area contributed by atoms with E-state index in [1.54, 1.807) is 0 Å². The molecule has 3 heterocycles. The minimum Gasteiger partial charge on any atom is -0.460 e. The molecule has 7 nitrogen and oxygen atoms in total. The Morgan fingerprint density at radius 2 is 1.89 bits per heavy atom. The number of thiophene rings is 1. The molecule has 2 N–H and O–H groups in total. The number of hydrogen-bond donors (Lipinski definition) is 2. The van der Waals surface area contributed by atoms with E-state index in [2.05, 4.69) is 28.9 Å². The lowest BCUT2D eigenvalue weighted by molar-refractivity contribution is -0.121. The Labute approximate surface area is 225 Å². The van der Waals surface area contributed by atoms with Crippen LogP contribution < -0.4 is 0 Å². The smallest absolute Gasteiger partial charge is 0.348 e. The number of carbonyl (C=O) groups excluding carboxylic acids is 1. The molecule has 0 bridgehead atoms. The highest BCUT2D eigenvalue weighted by Crippen LogP contribution is 2.38. The van der Waals surface area contributed by atoms with Gasteiger partial charge in [0, 0.05) is 43.5 Å². The lowest BCUT2D eigenvalue weighted by atomic mass is 9.91. The zero-order valence-electron chi connectivity index (χ0n) is 22.0. The normalized spacial score (nSPS) is 21.5. The second kappa shape index (κ2) is 14.4. The van der Waals surface area contributed by atoms with E-state index in [0.29, 0.717) is 11.5 Å². The highest BCUT2D eigenvalue weighted by atomic mass is 32.1. The van der Waals surface area contributed by atoms with E-state index in [4.69, 9.17) is 9.47 Å². The van der Waals surface area contributed by atoms with Gasteiger partial charge in [0.15, 0.2) is 0 Å². The number of morpholine rings is 1. The molecule has 37 heavy (non-hydrogen) atoms. The van der Waals surface area contributed by atoms with Gasteiger partial charge in [-0.25, -0.2) is 4.79 Å². The van der Waals surface area contributed by atoms with Crippen LogP contribution in [0.4, 0.5) is 0 Å². The van der Waals surface area contributed by atoms with Crippen molar-refractivity contribution >= 4 is 17.3 Å². The summed E-state index contributed by atoms with van der Waals surface area (Å²) in [6.45, 7) is 7.38. The van der Waals surface area contributed by atoms with Gasteiger partial charge in [-0.05, 0) is 42.5 Å². The molecule has 1 aromatic heterocycles. The molecule has 0 radical (unpaired) electrons. The highest BCUT2D eigenvalue weighted by Gasteiger charge is 2.37. The molecule has 1 aromatic carbocycles. The summed E-state index contributed by atoms with van der Waals surface area (Å²) in [4.78, 5) is 18.6. The van der Waals surface area contributed by atoms with E-state index in [0.717, 1.165) is 94.8 Å². The lowest BCUT2D eigenvalue weighted by Crippen LogP contribution is -2.50. The number of carbonyl (C=O) groups is 1. The van der Waals surface area contributed by atoms with Crippen molar-refractivity contribution in [1.82, 2.24) is 9.80 Å². The summed E-state index contributed by atoms with van der Waals surface area (Å²) in [7, 11) is 0. The molecule has 0 aliphatic carbocycles. The topological polar surface area (TPSA) is 82.5 Å². The summed E-state index contributed by atoms with van der Waals surface area (Å²) in [5, 5.41) is 20.8. The van der Waals surface area contributed by atoms with Crippen LogP contribution in [0.1, 0.15) is 83.3 Å². The molecule has 2 aromatic rings. The van der Waals surface area contributed by atoms with E-state index >= 15 is 0 Å². The molecule has 3 atom stereocenters. The van der Waals surface area contributed by atoms with Gasteiger partial charge in [-0.3, -0.25) is 9.80 Å². The maximum absolute atomic E-state index is 12.4. The number of rotatable bonds is 14. The minimum absolute atomic E-state index is 0.210. The Morgan fingerprint density at radius 3 is 2.62 bits per heavy atom. The molecule has 0 spiro atoms. The Kier molecular flexibility index (Phi) is 11.0. The second-order valence-electron chi connectivity index (χ2n) is 10.1. The fourth-order valence-electron chi connectivity index (χ4n) is 5.09. The van der Waals surface area contributed by atoms with Crippen LogP contribution >= 0.6 is 11.3 Å². The first-order valence-electron chi connectivity index (χ1n) is 13.8. The lowest BCUT2D eigenvalue weighted by Gasteiger charge is -2.46. The Bertz CT molecular complexity index is 959. The Balaban J connectivity index is 1.18. The predicted molar refractivity (Wildman–Crippen MR) is 146 cm³/mol. The third-order valence-electron chi connectivity index (χ3n) is 7.45. The molecule has 204 valence electrons. The highest BCUT2D eigenvalue weighted by molar-refractivity contribution is 7.13. The van der Waals surface area contributed by atoms with Crippen LogP contribution in [0.15, 0.2) is 36.4 Å². The number of unbranched alkanes of at least 4 members (excludes halogenated alkanes) is 2. The SMILES string of the molecule is CCCCCC(O)c1ccc([C@H]2CC(O)N2CCCc2ccc(C(=O)OCCN3CCOCC3)s2)cc1. The second-order valence-corrected chi connectivity index (χ2v) is 11.3. The first-order chi connectivity index (χ1) is 18.0. The summed E-state index contributed by atoms with van der Waals surface area (Å²) in [5.41, 5.74) is 2.16. The maximum atomic E-state index is 12.4. The molecule has 2 fully saturated rings. The van der Waals surface area contributed by atoms with Gasteiger partial charge in [-0.2, -0.15) is 0 Å². The van der Waals surface area contributed by atoms with Crippen LogP contribution in [0, 0.1) is 0 Å². The molecule has 2 aliphatic heterocycles. The van der Waals surface area contributed by atoms with Crippen molar-refractivity contribution in [3.05, 3.63) is 57.3 Å². The van der Waals surface area contributed by atoms with E-state index in [1.807, 2.05) is 24.3 Å². The van der Waals surface area contributed by atoms with Crippen LogP contribution in [0.3, 0.4) is 0 Å². The number of nitrogens with zero attached hydrogens (tertiary/aromatic N) is 2. The average Bonchev–Trinajstić information content (AvgIpc) is 3.39. The molecular weight excluding hydrogens is 488 g/mol. The van der Waals surface area contributed by atoms with Crippen molar-refractivity contribution in [2.45, 2.75) is 70.2 Å². The van der Waals surface area contributed by atoms with E-state index in [9.17, 15) is 15.0 Å². The van der Waals surface area contributed by atoms with Crippen molar-refractivity contribution in [1.29, 1.82) is 0 Å². The van der Waals surface area contributed by atoms with Gasteiger partial charge in [0.25, 0.3) is 0 Å². The molecule has 4 rings (SSSR count). The molecule has 0 amide bonds. The quantitative estimate of drug-likeness (QED) is 0.274. The molecular formula is C29H42N2O5S. The van der Waals surface area contributed by atoms with Gasteiger partial charge in [0.2, 0.25) is 0 Å². The van der Waals surface area contributed by atoms with Gasteiger partial charge in [0.05, 0.1) is 19.3 Å². The first-order valence-corrected chi connectivity index (χ1v) is 14.6. The fourth-order valence-corrected chi connectivity index (χ4v) is 6.03. The van der Waals surface area contributed by atoms with Gasteiger partial charge < -0.3 is 19.7 Å². The number of aliphatic hydroxyl groups is 2. The summed E-state index contributed by atoms with van der Waals surface area (Å²) in [6.07, 6.45) is 5.85. The van der Waals surface area contributed by atoms with Gasteiger partial charge in [-0.15, -0.1) is 11.3 Å². The molecule has 2 aliphatic rings. The summed E-state index contributed by atoms with van der Waals surface area (Å²) >= 11 is 1.50. The molecule has 2 unspecified atom stereocenters. The number of aryl methyl sites for hydroxylation is 1. The van der Waals surface area contributed by atoms with E-state index in [1.165, 1.54) is 16.9 Å². The largest absolute Gasteiger partial charge is 0.460 e. The summed E-state index contributed by atoms with van der Waals surface area (Å²) < 4.78 is 10.8. The van der Waals surface area contributed by atoms with Crippen molar-refractivity contribution in [2.75, 3.05) is 46.0 Å². The maximum Gasteiger partial charge on any atom is 0.348 e. The minimum atomic E-state index is -0.412. The van der Waals surface area contributed by atoms with Gasteiger partial charge >= 0.3 is 5.97 Å². The standard InChI is InChI=1S/C29H42N2O5S/c1-2-3-4-7-26(32)23-10-8-22(9-11-23)25-21-28(33)31(25)14-5-6-24-12-13-27(37-24)29(34)36-20-17-30-15-18-35-19-16-30/h8-13,25-26,28,32-33H,2-7,14-21H2,1H3/t25-,26?,28?/m1/s1. The number of esters is 1. The van der Waals surface area contributed by atoms with Gasteiger partial charge in [0.1, 0.15) is 17.7 Å². The summed E-state index contributed by atoms with van der Waals surface area (Å²) in [5.74, 6) is -0.248. The third-order valence-corrected chi connectivity index (χ3v) is 8.58. The van der Waals surface area contributed by atoms with Crippen LogP contribution in [0.25, 0.3) is 0 Å². The monoisotopic (exact) mass is 530 g/mol. The number of likely N-dealkylation sites (tertiary alicyclic amines) is 1. The number of aliphatic hydroxyl groups excluding tert-OH is 2. The van der Waals surface area contributed by atoms with Crippen molar-refractivity contribution in [3.63, 3.8) is 0 Å². The van der Waals surface area contributed by atoms with Crippen molar-refractivity contribution in [2.24, 2.45) is 0 Å². The first kappa shape index (κ1) is 28.2. The zero-order chi connectivity index (χ0) is 26.0. The summed E-state index contributed by atoms with van der Waals surface area (Å²) in [6, 6.07) is 12.3. The number of ether oxygens (including phenoxy) is 2. The predicted octanol–water partition coefficient (Wildman–Crippen LogP) is 4.55. The molecule has 8 heteroatoms. The van der Waals surface area contributed by atoms with E-state index < -0.39 is 12.3 Å². The van der Waals surface area contributed by atoms with Gasteiger partial charge in [-0.1, -0.05) is 50.5 Å². The third kappa shape index (κ3) is 8.09. The number of benzene rings is 1. The van der Waals surface area contributed by atoms with Crippen molar-refractivity contribution in [3.8, 4) is 0 Å². The van der Waals surface area contributed by atoms with E-state index in [-0.39, 0.29) is 12.0 Å². The average molecular weight is 531 g/mol. The zero-order valence-corrected chi connectivity index (χ0v) is 22.8. The Hall–Kier alpha value is -1.81. The van der Waals surface area contributed by atoms with Crippen LogP contribution in [-0.2, 0) is 15.9 Å². The van der Waals surface area contributed by atoms with Crippen molar-refractivity contribution < 1.29 is 24.5 Å². The molecule has 0 saturated carbocycles. The Morgan fingerprint density at radius 1 is 1.11 bits per heavy atom. The fraction of sp³-hybridized carbons (Fsp3) is 0.621.